The fourth-order valence-corrected chi connectivity index (χ4v) is 6.32. The van der Waals surface area contributed by atoms with Gasteiger partial charge in [-0.05, 0) is 75.0 Å². The van der Waals surface area contributed by atoms with Gasteiger partial charge in [0, 0.05) is 46.8 Å². The molecule has 3 atom stereocenters. The zero-order valence-corrected chi connectivity index (χ0v) is 22.8. The number of aryl methyl sites for hydroxylation is 1. The average molecular weight is 529 g/mol. The van der Waals surface area contributed by atoms with Crippen molar-refractivity contribution >= 4 is 45.7 Å². The summed E-state index contributed by atoms with van der Waals surface area (Å²) in [4.78, 5) is 17.5. The van der Waals surface area contributed by atoms with Gasteiger partial charge in [0.15, 0.2) is 0 Å². The van der Waals surface area contributed by atoms with Crippen LogP contribution in [0.3, 0.4) is 0 Å². The number of piperazine rings is 1. The second-order valence-electron chi connectivity index (χ2n) is 10.2. The van der Waals surface area contributed by atoms with Crippen LogP contribution in [-0.2, 0) is 11.2 Å². The maximum absolute atomic E-state index is 13.1. The van der Waals surface area contributed by atoms with Crippen molar-refractivity contribution in [3.63, 3.8) is 0 Å². The third-order valence-corrected chi connectivity index (χ3v) is 8.28. The minimum atomic E-state index is -0.0377. The molecule has 192 valence electrons. The predicted octanol–water partition coefficient (Wildman–Crippen LogP) is 5.69. The van der Waals surface area contributed by atoms with Crippen LogP contribution in [0.15, 0.2) is 36.5 Å². The number of benzene rings is 2. The lowest BCUT2D eigenvalue weighted by Gasteiger charge is -2.42. The van der Waals surface area contributed by atoms with Gasteiger partial charge in [-0.15, -0.1) is 0 Å². The van der Waals surface area contributed by atoms with E-state index in [4.69, 9.17) is 28.3 Å². The van der Waals surface area contributed by atoms with Crippen molar-refractivity contribution in [3.05, 3.63) is 57.7 Å². The Labute approximate surface area is 223 Å². The van der Waals surface area contributed by atoms with E-state index in [2.05, 4.69) is 52.7 Å². The second-order valence-corrected chi connectivity index (χ2v) is 11.0. The van der Waals surface area contributed by atoms with Crippen molar-refractivity contribution in [2.24, 2.45) is 0 Å². The van der Waals surface area contributed by atoms with Crippen LogP contribution in [0.25, 0.3) is 10.9 Å². The van der Waals surface area contributed by atoms with E-state index in [-0.39, 0.29) is 24.0 Å². The molecule has 2 saturated heterocycles. The highest BCUT2D eigenvalue weighted by Gasteiger charge is 2.33. The minimum Gasteiger partial charge on any atom is -0.368 e. The third-order valence-electron chi connectivity index (χ3n) is 7.72. The molecule has 2 fully saturated rings. The summed E-state index contributed by atoms with van der Waals surface area (Å²) in [5.41, 5.74) is 4.61. The van der Waals surface area contributed by atoms with Gasteiger partial charge in [-0.3, -0.25) is 9.48 Å². The summed E-state index contributed by atoms with van der Waals surface area (Å²) in [6.45, 7) is 9.83. The van der Waals surface area contributed by atoms with Crippen LogP contribution < -0.4 is 10.2 Å². The molecule has 36 heavy (non-hydrogen) atoms. The molecule has 0 aliphatic carbocycles. The first-order valence-electron chi connectivity index (χ1n) is 13.1. The molecule has 8 heteroatoms. The highest BCUT2D eigenvalue weighted by Crippen LogP contribution is 2.34. The summed E-state index contributed by atoms with van der Waals surface area (Å²) in [7, 11) is 0. The zero-order valence-electron chi connectivity index (χ0n) is 21.3. The number of rotatable bonds is 6. The molecule has 5 rings (SSSR count). The average Bonchev–Trinajstić information content (AvgIpc) is 3.54. The first-order valence-corrected chi connectivity index (χ1v) is 13.9. The molecule has 1 unspecified atom stereocenters. The van der Waals surface area contributed by atoms with Crippen LogP contribution in [-0.4, -0.2) is 58.9 Å². The van der Waals surface area contributed by atoms with E-state index in [1.165, 1.54) is 16.6 Å². The zero-order chi connectivity index (χ0) is 25.4. The molecule has 2 aliphatic heterocycles. The predicted molar refractivity (Wildman–Crippen MR) is 148 cm³/mol. The van der Waals surface area contributed by atoms with Crippen LogP contribution in [0, 0.1) is 0 Å². The van der Waals surface area contributed by atoms with Crippen molar-refractivity contribution in [1.82, 2.24) is 20.0 Å². The topological polar surface area (TPSA) is 53.4 Å². The van der Waals surface area contributed by atoms with Crippen molar-refractivity contribution in [1.29, 1.82) is 0 Å². The molecule has 0 spiro atoms. The monoisotopic (exact) mass is 527 g/mol. The first kappa shape index (κ1) is 25.4. The van der Waals surface area contributed by atoms with Crippen molar-refractivity contribution in [3.8, 4) is 0 Å². The fourth-order valence-electron chi connectivity index (χ4n) is 5.76. The van der Waals surface area contributed by atoms with Gasteiger partial charge in [0.05, 0.1) is 23.8 Å². The molecule has 6 nitrogen and oxygen atoms in total. The number of hydrogen-bond acceptors (Lipinski definition) is 4. The number of hydrogen-bond donors (Lipinski definition) is 1. The minimum absolute atomic E-state index is 0.0120. The molecule has 1 amide bonds. The van der Waals surface area contributed by atoms with Crippen molar-refractivity contribution in [2.45, 2.75) is 64.6 Å². The van der Waals surface area contributed by atoms with E-state index >= 15 is 0 Å². The van der Waals surface area contributed by atoms with Crippen LogP contribution >= 0.6 is 23.2 Å². The SMILES string of the molecule is CCCc1cc(N2CCN(C(=O)[C@H]3CCCN3)[C@H](C)C2)cc2c1cnn2C(C)c1ccc(Cl)cc1Cl. The van der Waals surface area contributed by atoms with Crippen LogP contribution in [0.1, 0.15) is 57.2 Å². The molecule has 3 heterocycles. The molecule has 1 N–H and O–H groups in total. The first-order chi connectivity index (χ1) is 17.4. The summed E-state index contributed by atoms with van der Waals surface area (Å²) in [6.07, 6.45) is 6.07. The fraction of sp³-hybridized carbons (Fsp3) is 0.500. The Bertz CT molecular complexity index is 1250. The Morgan fingerprint density at radius 1 is 1.22 bits per heavy atom. The number of fused-ring (bicyclic) bond motifs is 1. The quantitative estimate of drug-likeness (QED) is 0.447. The molecule has 3 aromatic rings. The molecular weight excluding hydrogens is 493 g/mol. The molecule has 2 aromatic carbocycles. The molecular formula is C28H35Cl2N5O. The van der Waals surface area contributed by atoms with E-state index in [1.807, 2.05) is 18.3 Å². The van der Waals surface area contributed by atoms with E-state index in [9.17, 15) is 4.79 Å². The number of carbonyl (C=O) groups excluding carboxylic acids is 1. The van der Waals surface area contributed by atoms with Crippen LogP contribution in [0.4, 0.5) is 5.69 Å². The second kappa shape index (κ2) is 10.6. The lowest BCUT2D eigenvalue weighted by Crippen LogP contribution is -2.57. The van der Waals surface area contributed by atoms with Gasteiger partial charge in [0.1, 0.15) is 0 Å². The Hall–Kier alpha value is -2.28. The van der Waals surface area contributed by atoms with Gasteiger partial charge in [0.25, 0.3) is 0 Å². The molecule has 0 radical (unpaired) electrons. The van der Waals surface area contributed by atoms with E-state index in [0.29, 0.717) is 10.0 Å². The number of nitrogens with zero attached hydrogens (tertiary/aromatic N) is 4. The smallest absolute Gasteiger partial charge is 0.240 e. The van der Waals surface area contributed by atoms with E-state index in [0.717, 1.165) is 62.9 Å². The van der Waals surface area contributed by atoms with Gasteiger partial charge >= 0.3 is 0 Å². The number of aromatic nitrogens is 2. The van der Waals surface area contributed by atoms with Gasteiger partial charge in [-0.1, -0.05) is 42.6 Å². The Morgan fingerprint density at radius 2 is 2.06 bits per heavy atom. The van der Waals surface area contributed by atoms with Gasteiger partial charge in [0.2, 0.25) is 5.91 Å². The van der Waals surface area contributed by atoms with Crippen LogP contribution in [0.2, 0.25) is 10.0 Å². The molecule has 0 bridgehead atoms. The number of carbonyl (C=O) groups is 1. The van der Waals surface area contributed by atoms with Crippen molar-refractivity contribution < 1.29 is 4.79 Å². The van der Waals surface area contributed by atoms with Crippen LogP contribution in [0.5, 0.6) is 0 Å². The molecule has 1 aromatic heterocycles. The highest BCUT2D eigenvalue weighted by molar-refractivity contribution is 6.35. The van der Waals surface area contributed by atoms with E-state index < -0.39 is 0 Å². The number of halogens is 2. The van der Waals surface area contributed by atoms with Gasteiger partial charge in [-0.2, -0.15) is 5.10 Å². The lowest BCUT2D eigenvalue weighted by atomic mass is 10.0. The highest BCUT2D eigenvalue weighted by atomic mass is 35.5. The molecule has 0 saturated carbocycles. The number of nitrogens with one attached hydrogen (secondary N) is 1. The molecule has 2 aliphatic rings. The summed E-state index contributed by atoms with van der Waals surface area (Å²) in [5.74, 6) is 0.258. The lowest BCUT2D eigenvalue weighted by molar-refractivity contribution is -0.135. The largest absolute Gasteiger partial charge is 0.368 e. The Balaban J connectivity index is 1.45. The van der Waals surface area contributed by atoms with Crippen molar-refractivity contribution in [2.75, 3.05) is 31.1 Å². The summed E-state index contributed by atoms with van der Waals surface area (Å²) in [6, 6.07) is 10.3. The normalized spacial score (nSPS) is 21.4. The summed E-state index contributed by atoms with van der Waals surface area (Å²) >= 11 is 12.7. The Kier molecular flexibility index (Phi) is 7.47. The van der Waals surface area contributed by atoms with E-state index in [1.54, 1.807) is 6.07 Å². The maximum atomic E-state index is 13.1. The number of anilines is 1. The summed E-state index contributed by atoms with van der Waals surface area (Å²) in [5, 5.41) is 10.6. The van der Waals surface area contributed by atoms with Gasteiger partial charge in [-0.25, -0.2) is 0 Å². The number of amides is 1. The Morgan fingerprint density at radius 3 is 2.75 bits per heavy atom. The summed E-state index contributed by atoms with van der Waals surface area (Å²) < 4.78 is 2.07. The standard InChI is InChI=1S/C28H35Cl2N5O/c1-4-6-20-13-22(33-11-12-34(18(2)17-33)28(36)26-7-5-10-31-26)15-27-24(20)16-32-35(27)19(3)23-9-8-21(29)14-25(23)30/h8-9,13-16,18-19,26,31H,4-7,10-12,17H2,1-3H3/t18-,19?,26-/m1/s1. The maximum Gasteiger partial charge on any atom is 0.240 e. The third kappa shape index (κ3) is 4.83. The van der Waals surface area contributed by atoms with Gasteiger partial charge < -0.3 is 15.1 Å².